The van der Waals surface area contributed by atoms with Gasteiger partial charge in [-0.2, -0.15) is 0 Å². The van der Waals surface area contributed by atoms with Gasteiger partial charge in [-0.3, -0.25) is 14.6 Å². The van der Waals surface area contributed by atoms with E-state index < -0.39 is 0 Å². The number of amides is 1. The van der Waals surface area contributed by atoms with Crippen molar-refractivity contribution >= 4 is 39.9 Å². The summed E-state index contributed by atoms with van der Waals surface area (Å²) >= 11 is 0. The van der Waals surface area contributed by atoms with Gasteiger partial charge in [0.25, 0.3) is 5.91 Å². The van der Waals surface area contributed by atoms with Crippen molar-refractivity contribution in [3.05, 3.63) is 77.9 Å². The number of nitrogens with zero attached hydrogens (tertiary/aromatic N) is 3. The van der Waals surface area contributed by atoms with E-state index in [1.807, 2.05) is 49.1 Å². The molecule has 0 saturated carbocycles. The van der Waals surface area contributed by atoms with Crippen LogP contribution in [0.4, 0.5) is 0 Å². The number of carbonyl (C=O) groups excluding carboxylic acids is 1. The van der Waals surface area contributed by atoms with Gasteiger partial charge in [0.15, 0.2) is 0 Å². The summed E-state index contributed by atoms with van der Waals surface area (Å²) in [5.74, 6) is 0.335. The van der Waals surface area contributed by atoms with Crippen molar-refractivity contribution in [1.82, 2.24) is 14.7 Å². The van der Waals surface area contributed by atoms with Gasteiger partial charge in [-0.25, -0.2) is 0 Å². The third-order valence-electron chi connectivity index (χ3n) is 6.57. The second-order valence-electron chi connectivity index (χ2n) is 8.73. The van der Waals surface area contributed by atoms with E-state index in [-0.39, 0.29) is 51.7 Å². The highest BCUT2D eigenvalue weighted by atomic mass is 79.9. The zero-order valence-electron chi connectivity index (χ0n) is 20.7. The number of phenols is 1. The van der Waals surface area contributed by atoms with Gasteiger partial charge in [0.05, 0.1) is 6.04 Å². The average molecular weight is 597 g/mol. The van der Waals surface area contributed by atoms with Crippen LogP contribution in [0.1, 0.15) is 55.2 Å². The third kappa shape index (κ3) is 6.94. The summed E-state index contributed by atoms with van der Waals surface area (Å²) in [4.78, 5) is 19.6. The van der Waals surface area contributed by atoms with E-state index in [0.717, 1.165) is 30.8 Å². The molecule has 1 aliphatic rings. The first-order valence-corrected chi connectivity index (χ1v) is 11.7. The number of rotatable bonds is 8. The van der Waals surface area contributed by atoms with Crippen molar-refractivity contribution in [2.45, 2.75) is 45.8 Å². The van der Waals surface area contributed by atoms with Crippen LogP contribution in [-0.2, 0) is 0 Å². The number of piperazine rings is 1. The molecule has 3 rings (SSSR count). The van der Waals surface area contributed by atoms with E-state index in [4.69, 9.17) is 0 Å². The predicted octanol–water partition coefficient (Wildman–Crippen LogP) is 5.70. The van der Waals surface area contributed by atoms with Gasteiger partial charge in [0.2, 0.25) is 0 Å². The molecule has 1 N–H and O–H groups in total. The molecule has 0 aliphatic carbocycles. The summed E-state index contributed by atoms with van der Waals surface area (Å²) in [5.41, 5.74) is 2.90. The van der Waals surface area contributed by atoms with E-state index in [1.54, 1.807) is 6.07 Å². The fraction of sp³-hybridized carbons (Fsp3) is 0.444. The zero-order valence-corrected chi connectivity index (χ0v) is 24.1. The summed E-state index contributed by atoms with van der Waals surface area (Å²) in [6, 6.07) is 16.3. The van der Waals surface area contributed by atoms with Gasteiger partial charge in [-0.05, 0) is 63.1 Å². The maximum absolute atomic E-state index is 12.8. The van der Waals surface area contributed by atoms with Gasteiger partial charge < -0.3 is 10.0 Å². The second-order valence-corrected chi connectivity index (χ2v) is 8.73. The molecule has 0 spiro atoms. The number of aromatic hydroxyl groups is 1. The maximum Gasteiger partial charge on any atom is 0.253 e. The first-order chi connectivity index (χ1) is 15.4. The zero-order chi connectivity index (χ0) is 23.3. The molecule has 2 aromatic carbocycles. The Bertz CT molecular complexity index is 918. The predicted molar refractivity (Wildman–Crippen MR) is 152 cm³/mol. The second kappa shape index (κ2) is 14.0. The van der Waals surface area contributed by atoms with Crippen LogP contribution in [0, 0.1) is 0 Å². The molecular weight excluding hydrogens is 558 g/mol. The normalized spacial score (nSPS) is 19.4. The first kappa shape index (κ1) is 30.4. The molecule has 1 saturated heterocycles. The molecule has 2 aromatic rings. The van der Waals surface area contributed by atoms with E-state index in [0.29, 0.717) is 30.7 Å². The van der Waals surface area contributed by atoms with Crippen LogP contribution in [-0.4, -0.2) is 70.5 Å². The van der Waals surface area contributed by atoms with E-state index in [9.17, 15) is 9.90 Å². The summed E-state index contributed by atoms with van der Waals surface area (Å²) in [5, 5.41) is 10.2. The fourth-order valence-electron chi connectivity index (χ4n) is 4.78. The van der Waals surface area contributed by atoms with Crippen LogP contribution in [0.15, 0.2) is 61.2 Å². The first-order valence-electron chi connectivity index (χ1n) is 11.7. The third-order valence-corrected chi connectivity index (χ3v) is 6.57. The van der Waals surface area contributed by atoms with Crippen LogP contribution in [0.25, 0.3) is 0 Å². The van der Waals surface area contributed by atoms with Crippen molar-refractivity contribution < 1.29 is 9.90 Å². The van der Waals surface area contributed by atoms with Gasteiger partial charge >= 0.3 is 0 Å². The Balaban J connectivity index is 0.00000289. The largest absolute Gasteiger partial charge is 0.508 e. The summed E-state index contributed by atoms with van der Waals surface area (Å²) in [7, 11) is 0. The van der Waals surface area contributed by atoms with E-state index in [1.165, 1.54) is 0 Å². The fourth-order valence-corrected chi connectivity index (χ4v) is 4.78. The summed E-state index contributed by atoms with van der Waals surface area (Å²) in [6.07, 6.45) is 1.97. The van der Waals surface area contributed by atoms with Gasteiger partial charge in [-0.15, -0.1) is 40.5 Å². The topological polar surface area (TPSA) is 47.0 Å². The Labute approximate surface area is 226 Å². The standard InChI is InChI=1S/C27H37N3O2.2BrH/c1-6-16-29-18-21(5)30(19-20(29)4)26(24-10-9-11-25(31)17-24)22-12-14-23(15-13-22)27(32)28(7-2)8-3;;/h6,9-15,17,20-21,26,31H,1,7-8,16,18-19H2,2-5H3;2*1H/t20-,21+,26-;;/m1../s1. The van der Waals surface area contributed by atoms with Crippen molar-refractivity contribution in [3.63, 3.8) is 0 Å². The molecule has 188 valence electrons. The van der Waals surface area contributed by atoms with Crippen molar-refractivity contribution in [2.75, 3.05) is 32.7 Å². The van der Waals surface area contributed by atoms with Crippen molar-refractivity contribution in [2.24, 2.45) is 0 Å². The molecule has 0 aromatic heterocycles. The molecule has 34 heavy (non-hydrogen) atoms. The minimum absolute atomic E-state index is 0. The maximum atomic E-state index is 12.8. The van der Waals surface area contributed by atoms with E-state index in [2.05, 4.69) is 48.4 Å². The monoisotopic (exact) mass is 595 g/mol. The van der Waals surface area contributed by atoms with E-state index >= 15 is 0 Å². The lowest BCUT2D eigenvalue weighted by Crippen LogP contribution is -2.57. The van der Waals surface area contributed by atoms with Gasteiger partial charge in [0, 0.05) is 50.4 Å². The quantitative estimate of drug-likeness (QED) is 0.397. The molecule has 7 heteroatoms. The van der Waals surface area contributed by atoms with Crippen molar-refractivity contribution in [3.8, 4) is 5.75 Å². The number of hydrogen-bond donors (Lipinski definition) is 1. The highest BCUT2D eigenvalue weighted by Crippen LogP contribution is 2.34. The lowest BCUT2D eigenvalue weighted by Gasteiger charge is -2.47. The number of carbonyl (C=O) groups is 1. The summed E-state index contributed by atoms with van der Waals surface area (Å²) in [6.45, 7) is 16.6. The average Bonchev–Trinajstić information content (AvgIpc) is 2.78. The van der Waals surface area contributed by atoms with Crippen LogP contribution < -0.4 is 0 Å². The molecule has 0 bridgehead atoms. The highest BCUT2D eigenvalue weighted by Gasteiger charge is 2.34. The van der Waals surface area contributed by atoms with Crippen LogP contribution >= 0.6 is 34.0 Å². The molecule has 1 fully saturated rings. The molecule has 1 amide bonds. The minimum Gasteiger partial charge on any atom is -0.508 e. The number of halogens is 2. The number of hydrogen-bond acceptors (Lipinski definition) is 4. The number of phenolic OH excluding ortho intramolecular Hbond substituents is 1. The molecule has 1 heterocycles. The number of benzene rings is 2. The van der Waals surface area contributed by atoms with Crippen molar-refractivity contribution in [1.29, 1.82) is 0 Å². The summed E-state index contributed by atoms with van der Waals surface area (Å²) < 4.78 is 0. The lowest BCUT2D eigenvalue weighted by molar-refractivity contribution is 0.0306. The lowest BCUT2D eigenvalue weighted by atomic mass is 9.92. The molecule has 0 unspecified atom stereocenters. The Morgan fingerprint density at radius 3 is 2.26 bits per heavy atom. The van der Waals surface area contributed by atoms with Crippen LogP contribution in [0.3, 0.4) is 0 Å². The van der Waals surface area contributed by atoms with Crippen LogP contribution in [0.5, 0.6) is 5.75 Å². The molecule has 1 aliphatic heterocycles. The van der Waals surface area contributed by atoms with Gasteiger partial charge in [-0.1, -0.05) is 30.3 Å². The molecule has 0 radical (unpaired) electrons. The Morgan fingerprint density at radius 1 is 1.06 bits per heavy atom. The molecule has 3 atom stereocenters. The molecular formula is C27H39Br2N3O2. The Hall–Kier alpha value is -1.67. The van der Waals surface area contributed by atoms with Crippen LogP contribution in [0.2, 0.25) is 0 Å². The Morgan fingerprint density at radius 2 is 1.71 bits per heavy atom. The minimum atomic E-state index is 0. The highest BCUT2D eigenvalue weighted by molar-refractivity contribution is 8.93. The van der Waals surface area contributed by atoms with Gasteiger partial charge in [0.1, 0.15) is 5.75 Å². The SMILES string of the molecule is Br.Br.C=CCN1C[C@H](C)N([C@H](c2ccc(C(=O)N(CC)CC)cc2)c2cccc(O)c2)C[C@H]1C. The Kier molecular flexibility index (Phi) is 12.5. The molecule has 5 nitrogen and oxygen atoms in total. The smallest absolute Gasteiger partial charge is 0.253 e.